The molecule has 2 saturated heterocycles. The molecule has 2 aromatic carbocycles. The maximum atomic E-state index is 14.1. The van der Waals surface area contributed by atoms with Crippen molar-refractivity contribution >= 4 is 35.1 Å². The van der Waals surface area contributed by atoms with Crippen LogP contribution in [0.3, 0.4) is 0 Å². The number of nitrogens with zero attached hydrogens (tertiary/aromatic N) is 2. The summed E-state index contributed by atoms with van der Waals surface area (Å²) in [5.74, 6) is -0.820. The van der Waals surface area contributed by atoms with Gasteiger partial charge >= 0.3 is 6.18 Å². The van der Waals surface area contributed by atoms with Crippen molar-refractivity contribution < 1.29 is 32.3 Å². The van der Waals surface area contributed by atoms with Gasteiger partial charge in [0, 0.05) is 42.8 Å². The largest absolute Gasteiger partial charge is 0.496 e. The van der Waals surface area contributed by atoms with Gasteiger partial charge in [0.1, 0.15) is 17.6 Å². The molecule has 0 radical (unpaired) electrons. The second-order valence-electron chi connectivity index (χ2n) is 11.2. The SMILES string of the molecule is COc1cc(CNCC2CCN(c3ncc(-c4cccc(Cl)c4)cc3C(F)(F)F)CC2)ccc1C(=O)NC1CCC(=O)NC1=O. The van der Waals surface area contributed by atoms with E-state index in [1.54, 1.807) is 47.4 Å². The van der Waals surface area contributed by atoms with Crippen LogP contribution in [0.25, 0.3) is 11.1 Å². The monoisotopic (exact) mass is 643 g/mol. The first-order valence-electron chi connectivity index (χ1n) is 14.6. The number of hydrogen-bond donors (Lipinski definition) is 3. The van der Waals surface area contributed by atoms with Gasteiger partial charge in [-0.3, -0.25) is 19.7 Å². The number of aromatic nitrogens is 1. The van der Waals surface area contributed by atoms with Gasteiger partial charge in [0.2, 0.25) is 11.8 Å². The molecule has 13 heteroatoms. The Labute approximate surface area is 263 Å². The molecule has 1 atom stereocenters. The summed E-state index contributed by atoms with van der Waals surface area (Å²) in [6, 6.07) is 12.2. The summed E-state index contributed by atoms with van der Waals surface area (Å²) in [4.78, 5) is 42.1. The number of anilines is 1. The highest BCUT2D eigenvalue weighted by Crippen LogP contribution is 2.39. The van der Waals surface area contributed by atoms with Gasteiger partial charge in [0.15, 0.2) is 0 Å². The van der Waals surface area contributed by atoms with E-state index in [2.05, 4.69) is 20.9 Å². The lowest BCUT2D eigenvalue weighted by Crippen LogP contribution is -2.52. The van der Waals surface area contributed by atoms with Crippen LogP contribution in [0.5, 0.6) is 5.75 Å². The normalized spacial score (nSPS) is 17.6. The van der Waals surface area contributed by atoms with Gasteiger partial charge in [0.05, 0.1) is 18.2 Å². The van der Waals surface area contributed by atoms with Crippen molar-refractivity contribution in [3.8, 4) is 16.9 Å². The molecule has 3 aromatic rings. The van der Waals surface area contributed by atoms with Crippen LogP contribution in [0.1, 0.15) is 47.2 Å². The number of amides is 3. The molecule has 3 amide bonds. The number of ether oxygens (including phenoxy) is 1. The Bertz CT molecular complexity index is 1580. The van der Waals surface area contributed by atoms with Crippen LogP contribution in [0.15, 0.2) is 54.7 Å². The van der Waals surface area contributed by atoms with Crippen LogP contribution in [-0.2, 0) is 22.3 Å². The Balaban J connectivity index is 1.14. The number of pyridine rings is 1. The lowest BCUT2D eigenvalue weighted by Gasteiger charge is -2.34. The van der Waals surface area contributed by atoms with E-state index < -0.39 is 29.6 Å². The minimum absolute atomic E-state index is 0.0616. The molecule has 0 aliphatic carbocycles. The van der Waals surface area contributed by atoms with E-state index in [1.165, 1.54) is 13.3 Å². The van der Waals surface area contributed by atoms with Gasteiger partial charge in [0.25, 0.3) is 5.91 Å². The van der Waals surface area contributed by atoms with Gasteiger partial charge in [-0.2, -0.15) is 13.2 Å². The molecule has 3 N–H and O–H groups in total. The van der Waals surface area contributed by atoms with Crippen molar-refractivity contribution in [3.63, 3.8) is 0 Å². The maximum absolute atomic E-state index is 14.1. The zero-order chi connectivity index (χ0) is 32.1. The number of piperidine rings is 2. The fourth-order valence-corrected chi connectivity index (χ4v) is 5.80. The van der Waals surface area contributed by atoms with Crippen molar-refractivity contribution in [1.82, 2.24) is 20.9 Å². The Hall–Kier alpha value is -4.16. The molecule has 0 bridgehead atoms. The molecular formula is C32H33ClF3N5O4. The summed E-state index contributed by atoms with van der Waals surface area (Å²) in [5, 5.41) is 8.70. The minimum Gasteiger partial charge on any atom is -0.496 e. The Kier molecular flexibility index (Phi) is 9.93. The highest BCUT2D eigenvalue weighted by atomic mass is 35.5. The molecule has 238 valence electrons. The Morgan fingerprint density at radius 3 is 2.56 bits per heavy atom. The molecule has 2 aliphatic rings. The molecule has 9 nitrogen and oxygen atoms in total. The van der Waals surface area contributed by atoms with Gasteiger partial charge in [-0.05, 0) is 73.2 Å². The zero-order valence-corrected chi connectivity index (χ0v) is 25.3. The summed E-state index contributed by atoms with van der Waals surface area (Å²) >= 11 is 6.04. The van der Waals surface area contributed by atoms with E-state index in [0.29, 0.717) is 60.9 Å². The Morgan fingerprint density at radius 2 is 1.87 bits per heavy atom. The van der Waals surface area contributed by atoms with Crippen LogP contribution in [-0.4, -0.2) is 55.5 Å². The molecule has 1 unspecified atom stereocenters. The number of nitrogens with one attached hydrogen (secondary N) is 3. The summed E-state index contributed by atoms with van der Waals surface area (Å²) < 4.78 is 47.7. The quantitative estimate of drug-likeness (QED) is 0.282. The summed E-state index contributed by atoms with van der Waals surface area (Å²) in [7, 11) is 1.45. The number of benzene rings is 2. The van der Waals surface area contributed by atoms with E-state index in [0.717, 1.165) is 11.6 Å². The van der Waals surface area contributed by atoms with Crippen molar-refractivity contribution in [2.24, 2.45) is 5.92 Å². The third-order valence-electron chi connectivity index (χ3n) is 8.06. The van der Waals surface area contributed by atoms with Crippen LogP contribution in [0, 0.1) is 5.92 Å². The average molecular weight is 644 g/mol. The van der Waals surface area contributed by atoms with Gasteiger partial charge < -0.3 is 20.3 Å². The van der Waals surface area contributed by atoms with Crippen LogP contribution < -0.4 is 25.6 Å². The minimum atomic E-state index is -4.56. The van der Waals surface area contributed by atoms with E-state index in [4.69, 9.17) is 16.3 Å². The maximum Gasteiger partial charge on any atom is 0.419 e. The third kappa shape index (κ3) is 7.93. The van der Waals surface area contributed by atoms with Crippen LogP contribution in [0.4, 0.5) is 19.0 Å². The lowest BCUT2D eigenvalue weighted by atomic mass is 9.96. The molecule has 0 spiro atoms. The topological polar surface area (TPSA) is 113 Å². The number of alkyl halides is 3. The molecular weight excluding hydrogens is 611 g/mol. The Morgan fingerprint density at radius 1 is 1.09 bits per heavy atom. The van der Waals surface area contributed by atoms with E-state index in [1.807, 2.05) is 0 Å². The highest BCUT2D eigenvalue weighted by Gasteiger charge is 2.37. The number of hydrogen-bond acceptors (Lipinski definition) is 7. The standard InChI is InChI=1S/C32H33ClF3N5O4/c1-45-27-13-20(5-6-24(27)30(43)39-26-7-8-28(42)40-31(26)44)17-37-16-19-9-11-41(12-10-19)29-25(32(34,35)36)15-22(18-38-29)21-3-2-4-23(33)14-21/h2-6,13-15,18-19,26,37H,7-12,16-17H2,1H3,(H,39,43)(H,40,42,44). The van der Waals surface area contributed by atoms with E-state index in [9.17, 15) is 27.6 Å². The van der Waals surface area contributed by atoms with E-state index in [-0.39, 0.29) is 36.0 Å². The molecule has 0 saturated carbocycles. The fraction of sp³-hybridized carbons (Fsp3) is 0.375. The first kappa shape index (κ1) is 32.2. The zero-order valence-electron chi connectivity index (χ0n) is 24.5. The predicted molar refractivity (Wildman–Crippen MR) is 163 cm³/mol. The van der Waals surface area contributed by atoms with Crippen LogP contribution in [0.2, 0.25) is 5.02 Å². The van der Waals surface area contributed by atoms with E-state index >= 15 is 0 Å². The summed E-state index contributed by atoms with van der Waals surface area (Å²) in [6.45, 7) is 2.06. The predicted octanol–water partition coefficient (Wildman–Crippen LogP) is 4.97. The van der Waals surface area contributed by atoms with Gasteiger partial charge in [-0.25, -0.2) is 4.98 Å². The molecule has 3 heterocycles. The van der Waals surface area contributed by atoms with Crippen molar-refractivity contribution in [2.75, 3.05) is 31.6 Å². The second kappa shape index (κ2) is 13.9. The fourth-order valence-electron chi connectivity index (χ4n) is 5.61. The first-order chi connectivity index (χ1) is 21.5. The van der Waals surface area contributed by atoms with Crippen molar-refractivity contribution in [1.29, 1.82) is 0 Å². The van der Waals surface area contributed by atoms with Gasteiger partial charge in [-0.15, -0.1) is 0 Å². The number of carbonyl (C=O) groups is 3. The molecule has 45 heavy (non-hydrogen) atoms. The second-order valence-corrected chi connectivity index (χ2v) is 11.6. The third-order valence-corrected chi connectivity index (χ3v) is 8.30. The van der Waals surface area contributed by atoms with Crippen LogP contribution >= 0.6 is 11.6 Å². The molecule has 2 fully saturated rings. The number of rotatable bonds is 9. The summed E-state index contributed by atoms with van der Waals surface area (Å²) in [6.07, 6.45) is -1.31. The average Bonchev–Trinajstić information content (AvgIpc) is 3.02. The smallest absolute Gasteiger partial charge is 0.419 e. The van der Waals surface area contributed by atoms with Gasteiger partial charge in [-0.1, -0.05) is 29.8 Å². The first-order valence-corrected chi connectivity index (χ1v) is 15.0. The number of carbonyl (C=O) groups excluding carboxylic acids is 3. The number of imide groups is 1. The molecule has 5 rings (SSSR count). The van der Waals surface area contributed by atoms with Crippen molar-refractivity contribution in [2.45, 2.75) is 44.4 Å². The summed E-state index contributed by atoms with van der Waals surface area (Å²) in [5.41, 5.74) is 1.30. The van der Waals surface area contributed by atoms with Crippen molar-refractivity contribution in [3.05, 3.63) is 76.4 Å². The highest BCUT2D eigenvalue weighted by molar-refractivity contribution is 6.30. The number of halogens is 4. The number of methoxy groups -OCH3 is 1. The lowest BCUT2D eigenvalue weighted by molar-refractivity contribution is -0.137. The molecule has 1 aromatic heterocycles. The molecule has 2 aliphatic heterocycles.